The predicted molar refractivity (Wildman–Crippen MR) is 71.3 cm³/mol. The maximum absolute atomic E-state index is 8.82. The van der Waals surface area contributed by atoms with Crippen molar-refractivity contribution < 1.29 is 5.21 Å². The Kier molecular flexibility index (Phi) is 6.49. The second-order valence-electron chi connectivity index (χ2n) is 3.34. The molecule has 0 bridgehead atoms. The number of aliphatic imine (C=N–C) groups is 1. The van der Waals surface area contributed by atoms with Crippen LogP contribution in [-0.2, 0) is 0 Å². The van der Waals surface area contributed by atoms with Gasteiger partial charge >= 0.3 is 0 Å². The highest BCUT2D eigenvalue weighted by Gasteiger charge is 2.22. The molecule has 0 aliphatic carbocycles. The number of hydrogen-bond donors (Lipinski definition) is 2. The number of halogens is 2. The minimum atomic E-state index is -0.397. The van der Waals surface area contributed by atoms with Gasteiger partial charge in [0, 0.05) is 0 Å². The van der Waals surface area contributed by atoms with Gasteiger partial charge in [-0.2, -0.15) is 0 Å². The molecule has 0 saturated carbocycles. The van der Waals surface area contributed by atoms with Crippen LogP contribution in [0.15, 0.2) is 10.1 Å². The molecule has 1 aliphatic heterocycles. The van der Waals surface area contributed by atoms with Crippen LogP contribution in [0.5, 0.6) is 0 Å². The highest BCUT2D eigenvalue weighted by Crippen LogP contribution is 2.17. The van der Waals surface area contributed by atoms with Crippen LogP contribution in [0.2, 0.25) is 0 Å². The number of oxime groups is 1. The molecule has 2 unspecified atom stereocenters. The average Bonchev–Trinajstić information content (AvgIpc) is 2.24. The Morgan fingerprint density at radius 2 is 2.44 bits per heavy atom. The molecule has 0 aromatic rings. The zero-order valence-corrected chi connectivity index (χ0v) is 11.3. The van der Waals surface area contributed by atoms with E-state index in [0.717, 1.165) is 18.7 Å². The SMILES string of the molecule is CCCSC1N=C(Cl)C(=NO)C(Cl)CCN1. The van der Waals surface area contributed by atoms with Crippen molar-refractivity contribution in [2.24, 2.45) is 10.1 Å². The summed E-state index contributed by atoms with van der Waals surface area (Å²) in [7, 11) is 0. The Bertz CT molecular complexity index is 286. The highest BCUT2D eigenvalue weighted by molar-refractivity contribution is 7.99. The summed E-state index contributed by atoms with van der Waals surface area (Å²) in [6, 6.07) is 0. The maximum atomic E-state index is 8.82. The van der Waals surface area contributed by atoms with Crippen molar-refractivity contribution >= 4 is 45.8 Å². The molecule has 0 amide bonds. The summed E-state index contributed by atoms with van der Waals surface area (Å²) in [5.74, 6) is 1.00. The van der Waals surface area contributed by atoms with E-state index in [-0.39, 0.29) is 16.4 Å². The van der Waals surface area contributed by atoms with Crippen molar-refractivity contribution in [1.82, 2.24) is 5.32 Å². The number of hydrogen-bond acceptors (Lipinski definition) is 5. The van der Waals surface area contributed by atoms with Crippen LogP contribution in [-0.4, -0.2) is 39.3 Å². The minimum absolute atomic E-state index is 0.0895. The van der Waals surface area contributed by atoms with Crippen LogP contribution < -0.4 is 5.32 Å². The van der Waals surface area contributed by atoms with Gasteiger partial charge in [-0.05, 0) is 25.1 Å². The Morgan fingerprint density at radius 1 is 1.69 bits per heavy atom. The summed E-state index contributed by atoms with van der Waals surface area (Å²) in [6.07, 6.45) is 1.74. The van der Waals surface area contributed by atoms with Crippen LogP contribution in [0.25, 0.3) is 0 Å². The molecule has 0 aromatic heterocycles. The van der Waals surface area contributed by atoms with Crippen LogP contribution in [0.3, 0.4) is 0 Å². The number of alkyl halides is 1. The molecule has 0 radical (unpaired) electrons. The lowest BCUT2D eigenvalue weighted by Gasteiger charge is -2.20. The van der Waals surface area contributed by atoms with E-state index in [1.165, 1.54) is 0 Å². The largest absolute Gasteiger partial charge is 0.411 e. The Hall–Kier alpha value is 0.0300. The van der Waals surface area contributed by atoms with Crippen molar-refractivity contribution in [3.05, 3.63) is 0 Å². The first-order valence-corrected chi connectivity index (χ1v) is 7.00. The second kappa shape index (κ2) is 7.37. The molecule has 7 heteroatoms. The summed E-state index contributed by atoms with van der Waals surface area (Å²) in [5, 5.41) is 15.0. The summed E-state index contributed by atoms with van der Waals surface area (Å²) >= 11 is 13.6. The second-order valence-corrected chi connectivity index (χ2v) is 5.41. The van der Waals surface area contributed by atoms with Gasteiger partial charge < -0.3 is 5.21 Å². The smallest absolute Gasteiger partial charge is 0.152 e. The fourth-order valence-electron chi connectivity index (χ4n) is 1.24. The molecule has 0 fully saturated rings. The van der Waals surface area contributed by atoms with Gasteiger partial charge in [0.2, 0.25) is 0 Å². The number of thioether (sulfide) groups is 1. The van der Waals surface area contributed by atoms with Crippen LogP contribution in [0.1, 0.15) is 19.8 Å². The van der Waals surface area contributed by atoms with E-state index in [1.54, 1.807) is 11.8 Å². The average molecular weight is 284 g/mol. The van der Waals surface area contributed by atoms with E-state index in [9.17, 15) is 0 Å². The summed E-state index contributed by atoms with van der Waals surface area (Å²) in [6.45, 7) is 2.83. The molecule has 4 nitrogen and oxygen atoms in total. The van der Waals surface area contributed by atoms with Gasteiger partial charge in [-0.3, -0.25) is 5.32 Å². The van der Waals surface area contributed by atoms with E-state index < -0.39 is 5.38 Å². The molecule has 92 valence electrons. The first-order chi connectivity index (χ1) is 7.69. The number of nitrogens with one attached hydrogen (secondary N) is 1. The third kappa shape index (κ3) is 4.13. The van der Waals surface area contributed by atoms with Crippen molar-refractivity contribution in [3.63, 3.8) is 0 Å². The topological polar surface area (TPSA) is 57.0 Å². The molecule has 1 aliphatic rings. The lowest BCUT2D eigenvalue weighted by molar-refractivity contribution is 0.318. The van der Waals surface area contributed by atoms with Crippen LogP contribution in [0.4, 0.5) is 0 Å². The maximum Gasteiger partial charge on any atom is 0.152 e. The molecule has 0 saturated heterocycles. The first kappa shape index (κ1) is 14.1. The molecule has 0 spiro atoms. The minimum Gasteiger partial charge on any atom is -0.411 e. The Balaban J connectivity index is 2.74. The summed E-state index contributed by atoms with van der Waals surface area (Å²) < 4.78 is 0. The molecule has 2 N–H and O–H groups in total. The Labute approximate surface area is 109 Å². The first-order valence-electron chi connectivity index (χ1n) is 5.13. The quantitative estimate of drug-likeness (QED) is 0.475. The zero-order valence-electron chi connectivity index (χ0n) is 8.99. The van der Waals surface area contributed by atoms with Crippen molar-refractivity contribution in [3.8, 4) is 0 Å². The third-order valence-corrected chi connectivity index (χ3v) is 3.99. The standard InChI is InChI=1S/C9H15Cl2N3OS/c1-2-5-16-9-12-4-3-6(10)7(14-15)8(11)13-9/h6,9,12,15H,2-5H2,1H3. The monoisotopic (exact) mass is 283 g/mol. The van der Waals surface area contributed by atoms with Crippen molar-refractivity contribution in [1.29, 1.82) is 0 Å². The molecule has 0 aromatic carbocycles. The van der Waals surface area contributed by atoms with Gasteiger partial charge in [0.15, 0.2) is 5.17 Å². The predicted octanol–water partition coefficient (Wildman–Crippen LogP) is 2.48. The molecule has 1 heterocycles. The molecule has 16 heavy (non-hydrogen) atoms. The molecular weight excluding hydrogens is 269 g/mol. The lowest BCUT2D eigenvalue weighted by Crippen LogP contribution is -2.35. The van der Waals surface area contributed by atoms with Gasteiger partial charge in [-0.25, -0.2) is 4.99 Å². The van der Waals surface area contributed by atoms with E-state index in [1.807, 2.05) is 0 Å². The van der Waals surface area contributed by atoms with E-state index >= 15 is 0 Å². The van der Waals surface area contributed by atoms with Gasteiger partial charge in [-0.15, -0.1) is 23.4 Å². The van der Waals surface area contributed by atoms with Crippen molar-refractivity contribution in [2.75, 3.05) is 12.3 Å². The third-order valence-electron chi connectivity index (χ3n) is 2.04. The van der Waals surface area contributed by atoms with Crippen LogP contribution in [0, 0.1) is 0 Å². The molecule has 1 rings (SSSR count). The van der Waals surface area contributed by atoms with Gasteiger partial charge in [0.25, 0.3) is 0 Å². The Morgan fingerprint density at radius 3 is 3.06 bits per heavy atom. The summed E-state index contributed by atoms with van der Waals surface area (Å²) in [5.41, 5.74) is 0.167. The van der Waals surface area contributed by atoms with Gasteiger partial charge in [-0.1, -0.05) is 23.7 Å². The van der Waals surface area contributed by atoms with Gasteiger partial charge in [0.1, 0.15) is 11.2 Å². The molecular formula is C9H15Cl2N3OS. The normalized spacial score (nSPS) is 29.7. The van der Waals surface area contributed by atoms with Crippen LogP contribution >= 0.6 is 35.0 Å². The fraction of sp³-hybridized carbons (Fsp3) is 0.778. The van der Waals surface area contributed by atoms with Gasteiger partial charge in [0.05, 0.1) is 5.38 Å². The highest BCUT2D eigenvalue weighted by atomic mass is 35.5. The number of rotatable bonds is 3. The van der Waals surface area contributed by atoms with E-state index in [2.05, 4.69) is 22.4 Å². The van der Waals surface area contributed by atoms with E-state index in [0.29, 0.717) is 6.42 Å². The zero-order chi connectivity index (χ0) is 12.0. The lowest BCUT2D eigenvalue weighted by atomic mass is 10.2. The molecule has 2 atom stereocenters. The fourth-order valence-corrected chi connectivity index (χ4v) is 2.76. The van der Waals surface area contributed by atoms with Crippen molar-refractivity contribution in [2.45, 2.75) is 30.6 Å². The van der Waals surface area contributed by atoms with E-state index in [4.69, 9.17) is 28.4 Å². The number of nitrogens with zero attached hydrogens (tertiary/aromatic N) is 2. The summed E-state index contributed by atoms with van der Waals surface area (Å²) in [4.78, 5) is 4.23.